The maximum atomic E-state index is 10.8. The second kappa shape index (κ2) is 3.76. The standard InChI is InChI=1S/C11H8N4O2/c1-13-8-2-3-10(15(16)17)9(6-8)14-11(7-12)4-5-11/h2-3,6,14H,4-5H2. The number of anilines is 1. The van der Waals surface area contributed by atoms with Gasteiger partial charge >= 0.3 is 0 Å². The van der Waals surface area contributed by atoms with E-state index in [-0.39, 0.29) is 11.4 Å². The molecule has 6 heteroatoms. The number of hydrogen-bond donors (Lipinski definition) is 1. The van der Waals surface area contributed by atoms with Crippen LogP contribution in [0.25, 0.3) is 4.85 Å². The zero-order valence-corrected chi connectivity index (χ0v) is 8.80. The molecule has 6 nitrogen and oxygen atoms in total. The van der Waals surface area contributed by atoms with Gasteiger partial charge in [-0.05, 0) is 25.0 Å². The Bertz CT molecular complexity index is 564. The Morgan fingerprint density at radius 3 is 2.76 bits per heavy atom. The predicted octanol–water partition coefficient (Wildman–Crippen LogP) is 2.61. The summed E-state index contributed by atoms with van der Waals surface area (Å²) in [6.07, 6.45) is 1.34. The molecule has 2 rings (SSSR count). The van der Waals surface area contributed by atoms with Crippen molar-refractivity contribution in [3.8, 4) is 6.07 Å². The molecule has 0 unspecified atom stereocenters. The van der Waals surface area contributed by atoms with Crippen molar-refractivity contribution in [2.75, 3.05) is 5.32 Å². The van der Waals surface area contributed by atoms with E-state index in [1.54, 1.807) is 0 Å². The summed E-state index contributed by atoms with van der Waals surface area (Å²) < 4.78 is 0. The van der Waals surface area contributed by atoms with E-state index in [2.05, 4.69) is 16.2 Å². The van der Waals surface area contributed by atoms with Crippen LogP contribution in [0.15, 0.2) is 18.2 Å². The summed E-state index contributed by atoms with van der Waals surface area (Å²) in [5.41, 5.74) is -0.251. The van der Waals surface area contributed by atoms with Gasteiger partial charge in [0.15, 0.2) is 5.69 Å². The van der Waals surface area contributed by atoms with Gasteiger partial charge in [-0.3, -0.25) is 10.1 Å². The van der Waals surface area contributed by atoms with E-state index >= 15 is 0 Å². The Morgan fingerprint density at radius 2 is 2.29 bits per heavy atom. The Hall–Kier alpha value is -2.60. The molecule has 0 aromatic heterocycles. The van der Waals surface area contributed by atoms with Crippen molar-refractivity contribution in [2.45, 2.75) is 18.4 Å². The second-order valence-corrected chi connectivity index (χ2v) is 3.89. The van der Waals surface area contributed by atoms with Crippen LogP contribution in [0, 0.1) is 28.0 Å². The fourth-order valence-electron chi connectivity index (χ4n) is 1.50. The molecule has 0 heterocycles. The second-order valence-electron chi connectivity index (χ2n) is 3.89. The highest BCUT2D eigenvalue weighted by Crippen LogP contribution is 2.41. The number of nitriles is 1. The number of nitro groups is 1. The van der Waals surface area contributed by atoms with Crippen LogP contribution in [0.1, 0.15) is 12.8 Å². The van der Waals surface area contributed by atoms with E-state index in [1.807, 2.05) is 0 Å². The van der Waals surface area contributed by atoms with Gasteiger partial charge in [-0.25, -0.2) is 4.85 Å². The van der Waals surface area contributed by atoms with E-state index < -0.39 is 10.5 Å². The highest BCUT2D eigenvalue weighted by molar-refractivity contribution is 5.70. The summed E-state index contributed by atoms with van der Waals surface area (Å²) in [5.74, 6) is 0. The minimum atomic E-state index is -0.689. The van der Waals surface area contributed by atoms with Crippen LogP contribution in [0.2, 0.25) is 0 Å². The Labute approximate surface area is 97.4 Å². The number of hydrogen-bond acceptors (Lipinski definition) is 4. The van der Waals surface area contributed by atoms with E-state index in [0.717, 1.165) is 0 Å². The minimum Gasteiger partial charge on any atom is -0.363 e. The third-order valence-electron chi connectivity index (χ3n) is 2.64. The molecule has 1 saturated carbocycles. The van der Waals surface area contributed by atoms with Crippen molar-refractivity contribution >= 4 is 17.1 Å². The van der Waals surface area contributed by atoms with Crippen molar-refractivity contribution in [1.82, 2.24) is 0 Å². The van der Waals surface area contributed by atoms with Gasteiger partial charge in [-0.2, -0.15) is 5.26 Å². The summed E-state index contributed by atoms with van der Waals surface area (Å²) in [7, 11) is 0. The van der Waals surface area contributed by atoms with Crippen LogP contribution in [0.5, 0.6) is 0 Å². The van der Waals surface area contributed by atoms with Gasteiger partial charge in [0.1, 0.15) is 11.2 Å². The average Bonchev–Trinajstić information content (AvgIpc) is 3.09. The maximum absolute atomic E-state index is 10.8. The molecule has 0 radical (unpaired) electrons. The highest BCUT2D eigenvalue weighted by Gasteiger charge is 2.44. The third kappa shape index (κ3) is 2.01. The van der Waals surface area contributed by atoms with Gasteiger partial charge < -0.3 is 5.32 Å². The smallest absolute Gasteiger partial charge is 0.289 e. The molecule has 1 N–H and O–H groups in total. The van der Waals surface area contributed by atoms with Crippen molar-refractivity contribution < 1.29 is 4.92 Å². The first-order chi connectivity index (χ1) is 8.10. The molecule has 0 atom stereocenters. The van der Waals surface area contributed by atoms with Crippen molar-refractivity contribution in [2.24, 2.45) is 0 Å². The first-order valence-electron chi connectivity index (χ1n) is 4.95. The average molecular weight is 228 g/mol. The monoisotopic (exact) mass is 228 g/mol. The number of rotatable bonds is 3. The normalized spacial score (nSPS) is 15.4. The molecule has 1 aromatic rings. The number of nitrogens with one attached hydrogen (secondary N) is 1. The number of benzene rings is 1. The zero-order chi connectivity index (χ0) is 12.5. The Morgan fingerprint density at radius 1 is 1.59 bits per heavy atom. The number of nitrogens with zero attached hydrogens (tertiary/aromatic N) is 3. The maximum Gasteiger partial charge on any atom is 0.289 e. The van der Waals surface area contributed by atoms with Gasteiger partial charge in [-0.15, -0.1) is 0 Å². The lowest BCUT2D eigenvalue weighted by Gasteiger charge is -2.11. The largest absolute Gasteiger partial charge is 0.363 e. The predicted molar refractivity (Wildman–Crippen MR) is 60.6 cm³/mol. The molecule has 0 saturated heterocycles. The molecule has 1 aliphatic rings. The van der Waals surface area contributed by atoms with Gasteiger partial charge in [0, 0.05) is 6.07 Å². The SMILES string of the molecule is [C-]#[N+]c1ccc([N+](=O)[O-])c(NC2(C#N)CC2)c1. The number of nitro benzene ring substituents is 1. The summed E-state index contributed by atoms with van der Waals surface area (Å²) in [6.45, 7) is 6.87. The fraction of sp³-hybridized carbons (Fsp3) is 0.273. The molecule has 0 amide bonds. The van der Waals surface area contributed by atoms with E-state index in [1.165, 1.54) is 18.2 Å². The minimum absolute atomic E-state index is 0.112. The van der Waals surface area contributed by atoms with Gasteiger partial charge in [0.05, 0.1) is 17.6 Å². The van der Waals surface area contributed by atoms with Crippen molar-refractivity contribution in [3.63, 3.8) is 0 Å². The highest BCUT2D eigenvalue weighted by atomic mass is 16.6. The molecule has 0 aliphatic heterocycles. The molecule has 1 aromatic carbocycles. The van der Waals surface area contributed by atoms with Gasteiger partial charge in [0.2, 0.25) is 0 Å². The topological polar surface area (TPSA) is 83.3 Å². The van der Waals surface area contributed by atoms with E-state index in [9.17, 15) is 10.1 Å². The lowest BCUT2D eigenvalue weighted by Crippen LogP contribution is -2.19. The molecule has 17 heavy (non-hydrogen) atoms. The summed E-state index contributed by atoms with van der Waals surface area (Å²) >= 11 is 0. The van der Waals surface area contributed by atoms with Crippen LogP contribution in [-0.2, 0) is 0 Å². The van der Waals surface area contributed by atoms with Crippen molar-refractivity contribution in [1.29, 1.82) is 5.26 Å². The van der Waals surface area contributed by atoms with Crippen LogP contribution >= 0.6 is 0 Å². The summed E-state index contributed by atoms with van der Waals surface area (Å²) in [4.78, 5) is 13.5. The summed E-state index contributed by atoms with van der Waals surface area (Å²) in [6, 6.07) is 6.17. The van der Waals surface area contributed by atoms with Crippen LogP contribution in [0.3, 0.4) is 0 Å². The molecule has 1 fully saturated rings. The first kappa shape index (κ1) is 10.9. The summed E-state index contributed by atoms with van der Waals surface area (Å²) in [5, 5.41) is 22.6. The van der Waals surface area contributed by atoms with Crippen LogP contribution in [-0.4, -0.2) is 10.5 Å². The van der Waals surface area contributed by atoms with E-state index in [0.29, 0.717) is 18.5 Å². The van der Waals surface area contributed by atoms with Crippen LogP contribution in [0.4, 0.5) is 17.1 Å². The molecular weight excluding hydrogens is 220 g/mol. The fourth-order valence-corrected chi connectivity index (χ4v) is 1.50. The quantitative estimate of drug-likeness (QED) is 0.489. The molecular formula is C11H8N4O2. The molecule has 1 aliphatic carbocycles. The first-order valence-corrected chi connectivity index (χ1v) is 4.95. The lowest BCUT2D eigenvalue weighted by atomic mass is 10.2. The molecule has 0 spiro atoms. The van der Waals surface area contributed by atoms with Crippen LogP contribution < -0.4 is 5.32 Å². The third-order valence-corrected chi connectivity index (χ3v) is 2.64. The Kier molecular flexibility index (Phi) is 2.41. The van der Waals surface area contributed by atoms with Crippen molar-refractivity contribution in [3.05, 3.63) is 39.7 Å². The molecule has 0 bridgehead atoms. The van der Waals surface area contributed by atoms with Gasteiger partial charge in [0.25, 0.3) is 5.69 Å². The lowest BCUT2D eigenvalue weighted by molar-refractivity contribution is -0.384. The molecule has 84 valence electrons. The van der Waals surface area contributed by atoms with Gasteiger partial charge in [-0.1, -0.05) is 0 Å². The Balaban J connectivity index is 2.40. The zero-order valence-electron chi connectivity index (χ0n) is 8.80. The van der Waals surface area contributed by atoms with E-state index in [4.69, 9.17) is 11.8 Å².